The predicted octanol–water partition coefficient (Wildman–Crippen LogP) is 6.13. The molecule has 5 heteroatoms. The number of ether oxygens (including phenoxy) is 2. The standard InChI is InChI=1S/C25H18N2O3.2C2H6/c28-25-22-15(9-26-25)19-14-7-3-4-8-16(14)27-18-11-29-10-17(30-18)20-12-5-1-2-6-13(12)21(22)23(20)24(19)27;2*1-2/h1-8,17-18,20H,9-11H2,(H,26,28);2*1-2H3. The number of hydrogen-bond donors (Lipinski definition) is 1. The number of hydrogen-bond acceptors (Lipinski definition) is 3. The molecule has 0 saturated carbocycles. The Morgan fingerprint density at radius 1 is 0.941 bits per heavy atom. The van der Waals surface area contributed by atoms with Gasteiger partial charge in [-0.15, -0.1) is 0 Å². The highest BCUT2D eigenvalue weighted by Gasteiger charge is 2.47. The highest BCUT2D eigenvalue weighted by atomic mass is 16.6. The quantitative estimate of drug-likeness (QED) is 0.348. The van der Waals surface area contributed by atoms with Crippen LogP contribution in [0.5, 0.6) is 0 Å². The molecule has 2 bridgehead atoms. The largest absolute Gasteiger partial charge is 0.374 e. The summed E-state index contributed by atoms with van der Waals surface area (Å²) in [5.41, 5.74) is 9.11. The van der Waals surface area contributed by atoms with Crippen molar-refractivity contribution in [3.8, 4) is 11.1 Å². The van der Waals surface area contributed by atoms with Gasteiger partial charge in [0.2, 0.25) is 0 Å². The molecule has 34 heavy (non-hydrogen) atoms. The van der Waals surface area contributed by atoms with Crippen LogP contribution in [0.4, 0.5) is 0 Å². The minimum atomic E-state index is -0.156. The Labute approximate surface area is 199 Å². The Balaban J connectivity index is 0.000000519. The molecule has 8 rings (SSSR count). The van der Waals surface area contributed by atoms with Crippen molar-refractivity contribution >= 4 is 27.7 Å². The maximum Gasteiger partial charge on any atom is 0.252 e. The number of para-hydroxylation sites is 1. The third-order valence-corrected chi connectivity index (χ3v) is 7.35. The molecule has 4 heterocycles. The van der Waals surface area contributed by atoms with Crippen LogP contribution in [-0.2, 0) is 16.0 Å². The van der Waals surface area contributed by atoms with E-state index in [1.807, 2.05) is 27.7 Å². The summed E-state index contributed by atoms with van der Waals surface area (Å²) in [6.45, 7) is 9.69. The highest BCUT2D eigenvalue weighted by Crippen LogP contribution is 2.57. The minimum Gasteiger partial charge on any atom is -0.374 e. The van der Waals surface area contributed by atoms with Crippen molar-refractivity contribution in [2.24, 2.45) is 0 Å². The summed E-state index contributed by atoms with van der Waals surface area (Å²) >= 11 is 0. The van der Waals surface area contributed by atoms with E-state index in [0.29, 0.717) is 19.8 Å². The zero-order valence-electron chi connectivity index (χ0n) is 20.1. The van der Waals surface area contributed by atoms with Crippen LogP contribution in [0, 0.1) is 0 Å². The first-order chi connectivity index (χ1) is 16.8. The fourth-order valence-electron chi connectivity index (χ4n) is 6.34. The first-order valence-corrected chi connectivity index (χ1v) is 12.5. The maximum atomic E-state index is 13.1. The van der Waals surface area contributed by atoms with Gasteiger partial charge in [0.05, 0.1) is 35.9 Å². The van der Waals surface area contributed by atoms with Crippen LogP contribution in [0.1, 0.15) is 66.9 Å². The Kier molecular flexibility index (Phi) is 5.01. The number of nitrogens with one attached hydrogen (secondary N) is 1. The molecule has 3 aliphatic heterocycles. The summed E-state index contributed by atoms with van der Waals surface area (Å²) < 4.78 is 15.1. The fraction of sp³-hybridized carbons (Fsp3) is 0.345. The molecule has 0 spiro atoms. The Hall–Kier alpha value is -3.15. The second kappa shape index (κ2) is 7.97. The smallest absolute Gasteiger partial charge is 0.252 e. The number of fused-ring (bicyclic) bond motifs is 13. The van der Waals surface area contributed by atoms with Crippen LogP contribution in [0.3, 0.4) is 0 Å². The van der Waals surface area contributed by atoms with Crippen molar-refractivity contribution in [1.29, 1.82) is 0 Å². The lowest BCUT2D eigenvalue weighted by atomic mass is 9.87. The van der Waals surface area contributed by atoms with Gasteiger partial charge >= 0.3 is 0 Å². The van der Waals surface area contributed by atoms with Gasteiger partial charge in [-0.1, -0.05) is 70.2 Å². The molecule has 1 amide bonds. The predicted molar refractivity (Wildman–Crippen MR) is 135 cm³/mol. The van der Waals surface area contributed by atoms with Crippen LogP contribution in [0.15, 0.2) is 48.5 Å². The Morgan fingerprint density at radius 2 is 1.71 bits per heavy atom. The van der Waals surface area contributed by atoms with E-state index in [4.69, 9.17) is 9.47 Å². The van der Waals surface area contributed by atoms with Crippen LogP contribution < -0.4 is 5.32 Å². The van der Waals surface area contributed by atoms with Crippen molar-refractivity contribution in [1.82, 2.24) is 9.88 Å². The van der Waals surface area contributed by atoms with Crippen LogP contribution in [0.25, 0.3) is 32.9 Å². The van der Waals surface area contributed by atoms with E-state index in [0.717, 1.165) is 27.8 Å². The van der Waals surface area contributed by atoms with Gasteiger partial charge < -0.3 is 19.4 Å². The van der Waals surface area contributed by atoms with E-state index in [9.17, 15) is 4.79 Å². The molecule has 0 radical (unpaired) electrons. The van der Waals surface area contributed by atoms with Crippen LogP contribution in [-0.4, -0.2) is 29.8 Å². The summed E-state index contributed by atoms with van der Waals surface area (Å²) in [4.78, 5) is 13.1. The molecule has 1 saturated heterocycles. The zero-order valence-corrected chi connectivity index (χ0v) is 20.1. The van der Waals surface area contributed by atoms with Crippen molar-refractivity contribution in [3.63, 3.8) is 0 Å². The van der Waals surface area contributed by atoms with Gasteiger partial charge in [0.25, 0.3) is 5.91 Å². The van der Waals surface area contributed by atoms with Gasteiger partial charge in [0.1, 0.15) is 0 Å². The molecule has 4 aliphatic rings. The SMILES string of the molecule is CC.CC.O=C1NCc2c1c1c3c4c2c2ccccc2n4C2COCC(O2)C3c2ccccc2-1. The summed E-state index contributed by atoms with van der Waals surface area (Å²) in [6, 6.07) is 17.0. The summed E-state index contributed by atoms with van der Waals surface area (Å²) in [6.07, 6.45) is -0.216. The number of nitrogens with zero attached hydrogens (tertiary/aromatic N) is 1. The lowest BCUT2D eigenvalue weighted by Gasteiger charge is -2.32. The first kappa shape index (κ1) is 21.4. The normalized spacial score (nSPS) is 22.7. The van der Waals surface area contributed by atoms with Crippen molar-refractivity contribution in [2.45, 2.75) is 52.5 Å². The van der Waals surface area contributed by atoms with E-state index >= 15 is 0 Å². The second-order valence-electron chi connectivity index (χ2n) is 8.67. The van der Waals surface area contributed by atoms with Crippen molar-refractivity contribution in [3.05, 3.63) is 70.8 Å². The molecular weight excluding hydrogens is 424 g/mol. The van der Waals surface area contributed by atoms with Gasteiger partial charge in [-0.3, -0.25) is 4.79 Å². The molecule has 4 aromatic rings. The maximum absolute atomic E-state index is 13.1. The lowest BCUT2D eigenvalue weighted by Crippen LogP contribution is -2.35. The Bertz CT molecular complexity index is 1450. The van der Waals surface area contributed by atoms with Crippen molar-refractivity contribution in [2.75, 3.05) is 13.2 Å². The highest BCUT2D eigenvalue weighted by molar-refractivity contribution is 6.20. The molecule has 1 fully saturated rings. The molecule has 1 aromatic heterocycles. The Morgan fingerprint density at radius 3 is 2.56 bits per heavy atom. The molecule has 3 unspecified atom stereocenters. The molecule has 1 aliphatic carbocycles. The number of aromatic nitrogens is 1. The number of carbonyl (C=O) groups excluding carboxylic acids is 1. The van der Waals surface area contributed by atoms with Gasteiger partial charge in [-0.2, -0.15) is 0 Å². The number of benzene rings is 3. The van der Waals surface area contributed by atoms with Gasteiger partial charge in [0.15, 0.2) is 6.23 Å². The number of carbonyl (C=O) groups is 1. The monoisotopic (exact) mass is 454 g/mol. The summed E-state index contributed by atoms with van der Waals surface area (Å²) in [5, 5.41) is 5.49. The van der Waals surface area contributed by atoms with Gasteiger partial charge in [-0.25, -0.2) is 0 Å². The average molecular weight is 455 g/mol. The fourth-order valence-corrected chi connectivity index (χ4v) is 6.34. The van der Waals surface area contributed by atoms with E-state index in [1.54, 1.807) is 0 Å². The first-order valence-electron chi connectivity index (χ1n) is 12.5. The van der Waals surface area contributed by atoms with E-state index in [1.165, 1.54) is 27.4 Å². The number of rotatable bonds is 0. The van der Waals surface area contributed by atoms with Gasteiger partial charge in [-0.05, 0) is 28.3 Å². The molecule has 3 aromatic carbocycles. The summed E-state index contributed by atoms with van der Waals surface area (Å²) in [5.74, 6) is 0.112. The third-order valence-electron chi connectivity index (χ3n) is 7.35. The average Bonchev–Trinajstić information content (AvgIpc) is 3.54. The molecular formula is C29H30N2O3. The second-order valence-corrected chi connectivity index (χ2v) is 8.67. The van der Waals surface area contributed by atoms with E-state index < -0.39 is 0 Å². The van der Waals surface area contributed by atoms with Crippen molar-refractivity contribution < 1.29 is 14.3 Å². The molecule has 5 nitrogen and oxygen atoms in total. The van der Waals surface area contributed by atoms with Gasteiger partial charge in [0, 0.05) is 28.8 Å². The molecule has 1 N–H and O–H groups in total. The van der Waals surface area contributed by atoms with E-state index in [2.05, 4.69) is 58.4 Å². The number of amides is 1. The molecule has 174 valence electrons. The lowest BCUT2D eigenvalue weighted by molar-refractivity contribution is -0.166. The topological polar surface area (TPSA) is 52.5 Å². The van der Waals surface area contributed by atoms with Crippen LogP contribution in [0.2, 0.25) is 0 Å². The zero-order chi connectivity index (χ0) is 23.6. The molecule has 3 atom stereocenters. The third kappa shape index (κ3) is 2.54. The van der Waals surface area contributed by atoms with E-state index in [-0.39, 0.29) is 24.2 Å². The van der Waals surface area contributed by atoms with Crippen LogP contribution >= 0.6 is 0 Å². The summed E-state index contributed by atoms with van der Waals surface area (Å²) in [7, 11) is 0. The minimum absolute atomic E-state index is 0.0369.